The molecule has 5 rings (SSSR count). The van der Waals surface area contributed by atoms with Gasteiger partial charge in [-0.1, -0.05) is 6.07 Å². The lowest BCUT2D eigenvalue weighted by Crippen LogP contribution is -2.17. The SMILES string of the molecule is COc1ncc(C(CC(=O)O)n2ncc3cc(OCCc4ccc5c(n4)NCCC5)ccc32)cn1. The van der Waals surface area contributed by atoms with Crippen molar-refractivity contribution in [1.29, 1.82) is 0 Å². The van der Waals surface area contributed by atoms with Gasteiger partial charge in [-0.15, -0.1) is 0 Å². The maximum absolute atomic E-state index is 11.6. The summed E-state index contributed by atoms with van der Waals surface area (Å²) in [4.78, 5) is 24.5. The third-order valence-corrected chi connectivity index (χ3v) is 6.02. The third kappa shape index (κ3) is 5.01. The summed E-state index contributed by atoms with van der Waals surface area (Å²) in [5, 5.41) is 18.2. The van der Waals surface area contributed by atoms with Crippen molar-refractivity contribution in [2.24, 2.45) is 0 Å². The Kier molecular flexibility index (Phi) is 6.42. The Hall–Kier alpha value is -4.21. The van der Waals surface area contributed by atoms with Gasteiger partial charge >= 0.3 is 12.0 Å². The molecular weight excluding hydrogens is 448 g/mol. The van der Waals surface area contributed by atoms with Crippen LogP contribution in [0.5, 0.6) is 11.8 Å². The van der Waals surface area contributed by atoms with E-state index in [0.29, 0.717) is 18.6 Å². The van der Waals surface area contributed by atoms with Crippen molar-refractivity contribution in [3.8, 4) is 11.8 Å². The molecule has 1 aliphatic rings. The van der Waals surface area contributed by atoms with E-state index in [2.05, 4.69) is 32.5 Å². The molecule has 10 heteroatoms. The molecule has 0 bridgehead atoms. The Morgan fingerprint density at radius 3 is 2.86 bits per heavy atom. The van der Waals surface area contributed by atoms with Gasteiger partial charge in [0.1, 0.15) is 11.6 Å². The van der Waals surface area contributed by atoms with Crippen LogP contribution < -0.4 is 14.8 Å². The normalized spacial score (nSPS) is 13.6. The lowest BCUT2D eigenvalue weighted by molar-refractivity contribution is -0.137. The second kappa shape index (κ2) is 9.96. The number of aliphatic carboxylic acids is 1. The number of carboxylic acid groups (broad SMARTS) is 1. The van der Waals surface area contributed by atoms with E-state index < -0.39 is 12.0 Å². The number of nitrogens with zero attached hydrogens (tertiary/aromatic N) is 5. The summed E-state index contributed by atoms with van der Waals surface area (Å²) in [6.07, 6.45) is 7.58. The maximum Gasteiger partial charge on any atom is 0.316 e. The zero-order valence-corrected chi connectivity index (χ0v) is 19.3. The van der Waals surface area contributed by atoms with E-state index in [1.165, 1.54) is 12.7 Å². The molecule has 0 saturated heterocycles. The summed E-state index contributed by atoms with van der Waals surface area (Å²) >= 11 is 0. The Morgan fingerprint density at radius 1 is 1.20 bits per heavy atom. The largest absolute Gasteiger partial charge is 0.493 e. The zero-order chi connectivity index (χ0) is 24.2. The number of carboxylic acids is 1. The summed E-state index contributed by atoms with van der Waals surface area (Å²) in [5.74, 6) is 0.761. The van der Waals surface area contributed by atoms with Crippen LogP contribution in [0.15, 0.2) is 48.9 Å². The van der Waals surface area contributed by atoms with Crippen LogP contribution in [-0.2, 0) is 17.6 Å². The van der Waals surface area contributed by atoms with Gasteiger partial charge in [-0.3, -0.25) is 9.48 Å². The number of hydrogen-bond acceptors (Lipinski definition) is 8. The number of benzene rings is 1. The molecule has 1 unspecified atom stereocenters. The van der Waals surface area contributed by atoms with Gasteiger partial charge in [0.25, 0.3) is 0 Å². The molecule has 0 spiro atoms. The maximum atomic E-state index is 11.6. The Balaban J connectivity index is 1.30. The highest BCUT2D eigenvalue weighted by molar-refractivity contribution is 5.81. The van der Waals surface area contributed by atoms with Gasteiger partial charge in [0.05, 0.1) is 37.9 Å². The zero-order valence-electron chi connectivity index (χ0n) is 19.3. The van der Waals surface area contributed by atoms with E-state index in [9.17, 15) is 9.90 Å². The molecule has 2 N–H and O–H groups in total. The van der Waals surface area contributed by atoms with Crippen LogP contribution in [0.2, 0.25) is 0 Å². The summed E-state index contributed by atoms with van der Waals surface area (Å²) in [6.45, 7) is 1.46. The Bertz CT molecular complexity index is 1340. The number of aryl methyl sites for hydroxylation is 1. The topological polar surface area (TPSA) is 124 Å². The molecule has 1 aliphatic heterocycles. The van der Waals surface area contributed by atoms with Gasteiger partial charge < -0.3 is 19.9 Å². The molecular formula is C25H26N6O4. The van der Waals surface area contributed by atoms with Crippen molar-refractivity contribution in [2.45, 2.75) is 31.7 Å². The number of fused-ring (bicyclic) bond motifs is 2. The van der Waals surface area contributed by atoms with Crippen molar-refractivity contribution in [1.82, 2.24) is 24.7 Å². The Labute approximate surface area is 202 Å². The van der Waals surface area contributed by atoms with Crippen LogP contribution in [0, 0.1) is 0 Å². The standard InChI is InChI=1S/C25H26N6O4/c1-34-25-27-13-18(14-28-25)22(12-23(32)33)31-21-7-6-20(11-17(21)15-29-31)35-10-8-19-5-4-16-3-2-9-26-24(16)30-19/h4-7,11,13-15,22H,2-3,8-10,12H2,1H3,(H,26,30)(H,32,33). The quantitative estimate of drug-likeness (QED) is 0.376. The van der Waals surface area contributed by atoms with Gasteiger partial charge in [0.2, 0.25) is 0 Å². The minimum atomic E-state index is -0.944. The molecule has 1 atom stereocenters. The summed E-state index contributed by atoms with van der Waals surface area (Å²) in [5.41, 5.74) is 3.68. The number of anilines is 1. The van der Waals surface area contributed by atoms with Crippen molar-refractivity contribution in [3.63, 3.8) is 0 Å². The molecule has 0 fully saturated rings. The van der Waals surface area contributed by atoms with E-state index in [4.69, 9.17) is 14.5 Å². The highest BCUT2D eigenvalue weighted by Crippen LogP contribution is 2.28. The number of carbonyl (C=O) groups is 1. The van der Waals surface area contributed by atoms with E-state index in [-0.39, 0.29) is 12.4 Å². The highest BCUT2D eigenvalue weighted by Gasteiger charge is 2.22. The van der Waals surface area contributed by atoms with Crippen molar-refractivity contribution < 1.29 is 19.4 Å². The van der Waals surface area contributed by atoms with Crippen LogP contribution in [0.4, 0.5) is 5.82 Å². The first-order valence-corrected chi connectivity index (χ1v) is 11.5. The highest BCUT2D eigenvalue weighted by atomic mass is 16.5. The van der Waals surface area contributed by atoms with Gasteiger partial charge in [0.15, 0.2) is 0 Å². The van der Waals surface area contributed by atoms with Crippen molar-refractivity contribution in [2.75, 3.05) is 25.6 Å². The molecule has 1 aromatic carbocycles. The number of hydrogen-bond donors (Lipinski definition) is 2. The molecule has 35 heavy (non-hydrogen) atoms. The average Bonchev–Trinajstić information content (AvgIpc) is 3.30. The molecule has 4 aromatic rings. The number of ether oxygens (including phenoxy) is 2. The van der Waals surface area contributed by atoms with E-state index in [1.54, 1.807) is 23.3 Å². The monoisotopic (exact) mass is 474 g/mol. The van der Waals surface area contributed by atoms with Gasteiger partial charge in [-0.05, 0) is 42.7 Å². The predicted molar refractivity (Wildman–Crippen MR) is 129 cm³/mol. The molecule has 0 radical (unpaired) electrons. The molecule has 4 heterocycles. The fourth-order valence-corrected chi connectivity index (χ4v) is 4.27. The second-order valence-electron chi connectivity index (χ2n) is 8.37. The summed E-state index contributed by atoms with van der Waals surface area (Å²) in [6, 6.07) is 9.52. The summed E-state index contributed by atoms with van der Waals surface area (Å²) in [7, 11) is 1.48. The third-order valence-electron chi connectivity index (χ3n) is 6.02. The average molecular weight is 475 g/mol. The van der Waals surface area contributed by atoms with E-state index >= 15 is 0 Å². The number of rotatable bonds is 9. The Morgan fingerprint density at radius 2 is 2.06 bits per heavy atom. The smallest absolute Gasteiger partial charge is 0.316 e. The number of aromatic nitrogens is 5. The fourth-order valence-electron chi connectivity index (χ4n) is 4.27. The first-order chi connectivity index (χ1) is 17.1. The van der Waals surface area contributed by atoms with Gasteiger partial charge in [-0.2, -0.15) is 5.10 Å². The minimum Gasteiger partial charge on any atom is -0.493 e. The first kappa shape index (κ1) is 22.6. The number of pyridine rings is 1. The molecule has 180 valence electrons. The predicted octanol–water partition coefficient (Wildman–Crippen LogP) is 3.27. The number of nitrogens with one attached hydrogen (secondary N) is 1. The van der Waals surface area contributed by atoms with Crippen LogP contribution in [0.3, 0.4) is 0 Å². The van der Waals surface area contributed by atoms with Gasteiger partial charge in [-0.25, -0.2) is 15.0 Å². The molecule has 10 nitrogen and oxygen atoms in total. The minimum absolute atomic E-state index is 0.159. The van der Waals surface area contributed by atoms with Crippen LogP contribution in [0.25, 0.3) is 10.9 Å². The first-order valence-electron chi connectivity index (χ1n) is 11.5. The number of methoxy groups -OCH3 is 1. The van der Waals surface area contributed by atoms with Crippen molar-refractivity contribution >= 4 is 22.7 Å². The summed E-state index contributed by atoms with van der Waals surface area (Å²) < 4.78 is 12.7. The van der Waals surface area contributed by atoms with Crippen LogP contribution >= 0.6 is 0 Å². The molecule has 0 amide bonds. The van der Waals surface area contributed by atoms with Gasteiger partial charge in [0, 0.05) is 42.0 Å². The lowest BCUT2D eigenvalue weighted by atomic mass is 10.1. The second-order valence-corrected chi connectivity index (χ2v) is 8.37. The van der Waals surface area contributed by atoms with Crippen LogP contribution in [-0.4, -0.2) is 56.1 Å². The van der Waals surface area contributed by atoms with E-state index in [1.807, 2.05) is 18.2 Å². The molecule has 3 aromatic heterocycles. The lowest BCUT2D eigenvalue weighted by Gasteiger charge is -2.17. The van der Waals surface area contributed by atoms with Crippen molar-refractivity contribution in [3.05, 3.63) is 65.7 Å². The molecule has 0 aliphatic carbocycles. The fraction of sp³-hybridized carbons (Fsp3) is 0.320. The van der Waals surface area contributed by atoms with E-state index in [0.717, 1.165) is 47.6 Å². The van der Waals surface area contributed by atoms with Crippen LogP contribution in [0.1, 0.15) is 35.7 Å². The molecule has 0 saturated carbocycles.